The number of fused-ring (bicyclic) bond motifs is 4. The van der Waals surface area contributed by atoms with Gasteiger partial charge in [0.2, 0.25) is 0 Å². The molecule has 1 aromatic heterocycles. The standard InChI is InChI=1S/C32H17N5/c33-18-20-16-27-28(17-21(20)19-34)36-32-26-14-15-29(24-12-7-13-25(30(24)26)31(32)35-27)37(22-8-3-1-4-9-22)23-10-5-2-6-11-23/h1-17H. The molecule has 5 aromatic carbocycles. The maximum absolute atomic E-state index is 9.48. The third-order valence-electron chi connectivity index (χ3n) is 6.84. The predicted octanol–water partition coefficient (Wildman–Crippen LogP) is 7.64. The number of nitrogens with zero attached hydrogens (tertiary/aromatic N) is 5. The van der Waals surface area contributed by atoms with Gasteiger partial charge >= 0.3 is 0 Å². The summed E-state index contributed by atoms with van der Waals surface area (Å²) in [5.41, 5.74) is 8.65. The molecule has 0 aliphatic heterocycles. The first-order valence-electron chi connectivity index (χ1n) is 11.9. The Balaban J connectivity index is 1.50. The Kier molecular flexibility index (Phi) is 4.51. The molecule has 0 atom stereocenters. The van der Waals surface area contributed by atoms with Crippen LogP contribution in [0.5, 0.6) is 0 Å². The summed E-state index contributed by atoms with van der Waals surface area (Å²) in [6.07, 6.45) is 0. The van der Waals surface area contributed by atoms with Gasteiger partial charge in [0.15, 0.2) is 0 Å². The first-order valence-corrected chi connectivity index (χ1v) is 11.9. The molecule has 0 spiro atoms. The lowest BCUT2D eigenvalue weighted by Crippen LogP contribution is -2.10. The van der Waals surface area contributed by atoms with E-state index in [1.807, 2.05) is 36.4 Å². The average Bonchev–Trinajstić information content (AvgIpc) is 3.27. The first-order chi connectivity index (χ1) is 18.3. The fourth-order valence-electron chi connectivity index (χ4n) is 5.23. The topological polar surface area (TPSA) is 76.6 Å². The van der Waals surface area contributed by atoms with Gasteiger partial charge in [0, 0.05) is 33.3 Å². The van der Waals surface area contributed by atoms with Gasteiger partial charge in [0.1, 0.15) is 12.1 Å². The summed E-state index contributed by atoms with van der Waals surface area (Å²) in [7, 11) is 0. The normalized spacial score (nSPS) is 11.2. The number of anilines is 3. The molecular formula is C32H17N5. The van der Waals surface area contributed by atoms with Crippen LogP contribution in [0.15, 0.2) is 103 Å². The van der Waals surface area contributed by atoms with Gasteiger partial charge in [0.05, 0.1) is 39.2 Å². The minimum absolute atomic E-state index is 0.307. The number of benzene rings is 5. The molecule has 0 amide bonds. The second-order valence-electron chi connectivity index (χ2n) is 8.90. The van der Waals surface area contributed by atoms with Crippen molar-refractivity contribution in [3.8, 4) is 34.7 Å². The van der Waals surface area contributed by atoms with Crippen LogP contribution in [0.3, 0.4) is 0 Å². The monoisotopic (exact) mass is 471 g/mol. The molecule has 0 bridgehead atoms. The fourth-order valence-corrected chi connectivity index (χ4v) is 5.23. The van der Waals surface area contributed by atoms with Crippen molar-refractivity contribution in [2.75, 3.05) is 4.90 Å². The Labute approximate surface area is 213 Å². The van der Waals surface area contributed by atoms with Crippen LogP contribution in [-0.2, 0) is 0 Å². The molecule has 1 heterocycles. The van der Waals surface area contributed by atoms with Gasteiger partial charge in [-0.15, -0.1) is 0 Å². The van der Waals surface area contributed by atoms with Crippen LogP contribution in [0, 0.1) is 22.7 Å². The molecule has 0 saturated heterocycles. The summed E-state index contributed by atoms with van der Waals surface area (Å²) in [6, 6.07) is 38.7. The van der Waals surface area contributed by atoms with Gasteiger partial charge in [-0.25, -0.2) is 9.97 Å². The van der Waals surface area contributed by atoms with E-state index in [4.69, 9.17) is 9.97 Å². The second-order valence-corrected chi connectivity index (χ2v) is 8.90. The van der Waals surface area contributed by atoms with E-state index in [-0.39, 0.29) is 0 Å². The number of hydrogen-bond donors (Lipinski definition) is 0. The number of hydrogen-bond acceptors (Lipinski definition) is 5. The number of para-hydroxylation sites is 2. The Hall–Kier alpha value is -5.52. The van der Waals surface area contributed by atoms with Gasteiger partial charge in [-0.3, -0.25) is 0 Å². The van der Waals surface area contributed by atoms with E-state index < -0.39 is 0 Å². The Morgan fingerprint density at radius 3 is 1.65 bits per heavy atom. The maximum atomic E-state index is 9.48. The van der Waals surface area contributed by atoms with Gasteiger partial charge in [-0.2, -0.15) is 10.5 Å². The van der Waals surface area contributed by atoms with Gasteiger partial charge < -0.3 is 4.90 Å². The van der Waals surface area contributed by atoms with Crippen molar-refractivity contribution in [1.82, 2.24) is 9.97 Å². The first kappa shape index (κ1) is 20.8. The van der Waals surface area contributed by atoms with E-state index in [1.54, 1.807) is 12.1 Å². The zero-order valence-corrected chi connectivity index (χ0v) is 19.6. The molecule has 5 heteroatoms. The molecule has 0 unspecified atom stereocenters. The van der Waals surface area contributed by atoms with Gasteiger partial charge in [-0.1, -0.05) is 54.6 Å². The summed E-state index contributed by atoms with van der Waals surface area (Å²) in [5, 5.41) is 21.2. The van der Waals surface area contributed by atoms with Crippen LogP contribution in [-0.4, -0.2) is 9.97 Å². The Morgan fingerprint density at radius 2 is 1.11 bits per heavy atom. The van der Waals surface area contributed by atoms with E-state index >= 15 is 0 Å². The SMILES string of the molecule is N#Cc1cc2nc3c(nc2cc1C#N)-c1ccc(N(c2ccccc2)c2ccccc2)c2cccc-3c12. The van der Waals surface area contributed by atoms with Crippen LogP contribution in [0.4, 0.5) is 17.1 Å². The zero-order valence-electron chi connectivity index (χ0n) is 19.6. The minimum atomic E-state index is 0.307. The van der Waals surface area contributed by atoms with Crippen LogP contribution >= 0.6 is 0 Å². The number of rotatable bonds is 3. The summed E-state index contributed by atoms with van der Waals surface area (Å²) in [4.78, 5) is 12.1. The third-order valence-corrected chi connectivity index (χ3v) is 6.84. The van der Waals surface area contributed by atoms with Crippen molar-refractivity contribution < 1.29 is 0 Å². The highest BCUT2D eigenvalue weighted by Crippen LogP contribution is 2.50. The van der Waals surface area contributed by atoms with E-state index in [1.165, 1.54) is 0 Å². The molecule has 6 aromatic rings. The predicted molar refractivity (Wildman–Crippen MR) is 146 cm³/mol. The molecule has 1 aliphatic rings. The molecule has 170 valence electrons. The Bertz CT molecular complexity index is 1840. The molecular weight excluding hydrogens is 454 g/mol. The molecule has 5 nitrogen and oxygen atoms in total. The third kappa shape index (κ3) is 3.09. The highest BCUT2D eigenvalue weighted by molar-refractivity contribution is 6.18. The van der Waals surface area contributed by atoms with Gasteiger partial charge in [-0.05, 0) is 48.5 Å². The quantitative estimate of drug-likeness (QED) is 0.265. The van der Waals surface area contributed by atoms with Crippen LogP contribution in [0.2, 0.25) is 0 Å². The zero-order chi connectivity index (χ0) is 24.9. The van der Waals surface area contributed by atoms with E-state index in [0.29, 0.717) is 22.2 Å². The molecule has 0 saturated carbocycles. The molecule has 37 heavy (non-hydrogen) atoms. The molecule has 1 aliphatic carbocycles. The van der Waals surface area contributed by atoms with Crippen molar-refractivity contribution in [2.45, 2.75) is 0 Å². The van der Waals surface area contributed by atoms with Crippen molar-refractivity contribution in [3.63, 3.8) is 0 Å². The van der Waals surface area contributed by atoms with Gasteiger partial charge in [0.25, 0.3) is 0 Å². The van der Waals surface area contributed by atoms with Crippen molar-refractivity contribution in [1.29, 1.82) is 10.5 Å². The molecule has 0 radical (unpaired) electrons. The molecule has 7 rings (SSSR count). The second kappa shape index (κ2) is 8.02. The van der Waals surface area contributed by atoms with E-state index in [2.05, 4.69) is 71.6 Å². The highest BCUT2D eigenvalue weighted by atomic mass is 15.1. The fraction of sp³-hybridized carbons (Fsp3) is 0. The summed E-state index contributed by atoms with van der Waals surface area (Å²) in [5.74, 6) is 0. The van der Waals surface area contributed by atoms with E-state index in [9.17, 15) is 10.5 Å². The van der Waals surface area contributed by atoms with Crippen molar-refractivity contribution >= 4 is 38.9 Å². The lowest BCUT2D eigenvalue weighted by Gasteiger charge is -2.27. The summed E-state index contributed by atoms with van der Waals surface area (Å²) < 4.78 is 0. The summed E-state index contributed by atoms with van der Waals surface area (Å²) >= 11 is 0. The lowest BCUT2D eigenvalue weighted by atomic mass is 10.0. The summed E-state index contributed by atoms with van der Waals surface area (Å²) in [6.45, 7) is 0. The molecule has 0 fully saturated rings. The van der Waals surface area contributed by atoms with E-state index in [0.717, 1.165) is 50.3 Å². The van der Waals surface area contributed by atoms with Crippen molar-refractivity contribution in [3.05, 3.63) is 114 Å². The smallest absolute Gasteiger partial charge is 0.101 e. The minimum Gasteiger partial charge on any atom is -0.310 e. The number of aromatic nitrogens is 2. The lowest BCUT2D eigenvalue weighted by molar-refractivity contribution is 1.30. The average molecular weight is 472 g/mol. The number of nitriles is 2. The van der Waals surface area contributed by atoms with Crippen molar-refractivity contribution in [2.24, 2.45) is 0 Å². The maximum Gasteiger partial charge on any atom is 0.101 e. The van der Waals surface area contributed by atoms with Crippen LogP contribution in [0.1, 0.15) is 11.1 Å². The highest BCUT2D eigenvalue weighted by Gasteiger charge is 2.27. The Morgan fingerprint density at radius 1 is 0.568 bits per heavy atom. The van der Waals surface area contributed by atoms with Crippen LogP contribution < -0.4 is 4.90 Å². The largest absolute Gasteiger partial charge is 0.310 e. The molecule has 0 N–H and O–H groups in total. The van der Waals surface area contributed by atoms with Crippen LogP contribution in [0.25, 0.3) is 44.3 Å².